The Labute approximate surface area is 154 Å². The Morgan fingerprint density at radius 2 is 1.92 bits per heavy atom. The van der Waals surface area contributed by atoms with Crippen molar-refractivity contribution >= 4 is 28.9 Å². The maximum absolute atomic E-state index is 12.6. The lowest BCUT2D eigenvalue weighted by atomic mass is 10.1. The van der Waals surface area contributed by atoms with E-state index in [2.05, 4.69) is 5.32 Å². The van der Waals surface area contributed by atoms with Crippen LogP contribution in [0.3, 0.4) is 0 Å². The maximum atomic E-state index is 12.6. The molecule has 3 rings (SSSR count). The van der Waals surface area contributed by atoms with Gasteiger partial charge in [-0.2, -0.15) is 0 Å². The Kier molecular flexibility index (Phi) is 5.26. The van der Waals surface area contributed by atoms with Crippen LogP contribution >= 0.6 is 0 Å². The smallest absolute Gasteiger partial charge is 0.255 e. The monoisotopic (exact) mass is 351 g/mol. The first-order valence-electron chi connectivity index (χ1n) is 8.95. The summed E-state index contributed by atoms with van der Waals surface area (Å²) in [5.74, 6) is -0.00464. The fourth-order valence-corrected chi connectivity index (χ4v) is 3.17. The van der Waals surface area contributed by atoms with Crippen molar-refractivity contribution in [3.63, 3.8) is 0 Å². The molecular weight excluding hydrogens is 326 g/mol. The second kappa shape index (κ2) is 7.60. The number of nitrogens with one attached hydrogen (secondary N) is 1. The highest BCUT2D eigenvalue weighted by molar-refractivity contribution is 6.05. The van der Waals surface area contributed by atoms with Crippen LogP contribution in [0.2, 0.25) is 0 Å². The van der Waals surface area contributed by atoms with Crippen molar-refractivity contribution in [2.75, 3.05) is 35.8 Å². The van der Waals surface area contributed by atoms with Crippen molar-refractivity contribution in [2.45, 2.75) is 26.2 Å². The third-order valence-electron chi connectivity index (χ3n) is 4.71. The van der Waals surface area contributed by atoms with Crippen LogP contribution in [0.1, 0.15) is 35.2 Å². The van der Waals surface area contributed by atoms with Crippen molar-refractivity contribution in [1.29, 1.82) is 0 Å². The molecule has 1 aliphatic rings. The number of anilines is 3. The van der Waals surface area contributed by atoms with Crippen molar-refractivity contribution < 1.29 is 9.59 Å². The minimum absolute atomic E-state index is 0.154. The number of hydrogen-bond donors (Lipinski definition) is 1. The predicted molar refractivity (Wildman–Crippen MR) is 106 cm³/mol. The van der Waals surface area contributed by atoms with E-state index in [1.54, 1.807) is 6.07 Å². The Morgan fingerprint density at radius 3 is 2.65 bits per heavy atom. The summed E-state index contributed by atoms with van der Waals surface area (Å²) in [4.78, 5) is 28.6. The molecular formula is C21H25N3O2. The first kappa shape index (κ1) is 18.0. The molecule has 5 heteroatoms. The second-order valence-corrected chi connectivity index (χ2v) is 6.90. The molecule has 1 saturated heterocycles. The van der Waals surface area contributed by atoms with E-state index >= 15 is 0 Å². The first-order chi connectivity index (χ1) is 12.5. The lowest BCUT2D eigenvalue weighted by Crippen LogP contribution is -2.35. The van der Waals surface area contributed by atoms with Gasteiger partial charge < -0.3 is 15.1 Å². The third-order valence-corrected chi connectivity index (χ3v) is 4.71. The van der Waals surface area contributed by atoms with Gasteiger partial charge in [-0.05, 0) is 55.7 Å². The van der Waals surface area contributed by atoms with E-state index in [1.165, 1.54) is 0 Å². The van der Waals surface area contributed by atoms with Gasteiger partial charge in [-0.3, -0.25) is 9.59 Å². The maximum Gasteiger partial charge on any atom is 0.255 e. The van der Waals surface area contributed by atoms with Gasteiger partial charge in [0.1, 0.15) is 0 Å². The van der Waals surface area contributed by atoms with Gasteiger partial charge in [0.2, 0.25) is 5.91 Å². The predicted octanol–water partition coefficient (Wildman–Crippen LogP) is 3.83. The largest absolute Gasteiger partial charge is 0.378 e. The number of hydrogen-bond acceptors (Lipinski definition) is 3. The average Bonchev–Trinajstić information content (AvgIpc) is 2.64. The normalized spacial score (nSPS) is 14.3. The minimum Gasteiger partial charge on any atom is -0.378 e. The summed E-state index contributed by atoms with van der Waals surface area (Å²) >= 11 is 0. The molecule has 0 aliphatic carbocycles. The molecule has 1 fully saturated rings. The summed E-state index contributed by atoms with van der Waals surface area (Å²) in [6.07, 6.45) is 2.56. The highest BCUT2D eigenvalue weighted by Gasteiger charge is 2.21. The number of amides is 2. The Bertz CT molecular complexity index is 830. The van der Waals surface area contributed by atoms with E-state index in [-0.39, 0.29) is 11.8 Å². The zero-order valence-electron chi connectivity index (χ0n) is 15.6. The van der Waals surface area contributed by atoms with E-state index in [4.69, 9.17) is 0 Å². The molecule has 26 heavy (non-hydrogen) atoms. The van der Waals surface area contributed by atoms with Crippen LogP contribution in [0.15, 0.2) is 42.5 Å². The number of nitrogens with zero attached hydrogens (tertiary/aromatic N) is 2. The minimum atomic E-state index is -0.159. The number of benzene rings is 2. The summed E-state index contributed by atoms with van der Waals surface area (Å²) in [6, 6.07) is 13.2. The van der Waals surface area contributed by atoms with Gasteiger partial charge >= 0.3 is 0 Å². The van der Waals surface area contributed by atoms with Crippen LogP contribution in [0, 0.1) is 6.92 Å². The number of piperidine rings is 1. The van der Waals surface area contributed by atoms with E-state index in [0.717, 1.165) is 36.3 Å². The Hall–Kier alpha value is -2.82. The lowest BCUT2D eigenvalue weighted by Gasteiger charge is -2.28. The third kappa shape index (κ3) is 3.87. The molecule has 0 radical (unpaired) electrons. The molecule has 1 N–H and O–H groups in total. The molecule has 0 bridgehead atoms. The van der Waals surface area contributed by atoms with E-state index in [9.17, 15) is 9.59 Å². The highest BCUT2D eigenvalue weighted by atomic mass is 16.2. The molecule has 0 unspecified atom stereocenters. The van der Waals surface area contributed by atoms with E-state index in [0.29, 0.717) is 17.7 Å². The molecule has 1 heterocycles. The molecule has 2 aromatic carbocycles. The van der Waals surface area contributed by atoms with Crippen LogP contribution in [0.5, 0.6) is 0 Å². The molecule has 0 spiro atoms. The van der Waals surface area contributed by atoms with Gasteiger partial charge in [0.15, 0.2) is 0 Å². The van der Waals surface area contributed by atoms with Gasteiger partial charge in [-0.1, -0.05) is 12.1 Å². The summed E-state index contributed by atoms with van der Waals surface area (Å²) in [5, 5.41) is 2.95. The SMILES string of the molecule is Cc1ccc(NC(=O)c2cccc(N(C)C)c2)cc1N1CCCCC1=O. The van der Waals surface area contributed by atoms with Crippen LogP contribution in [-0.2, 0) is 4.79 Å². The quantitative estimate of drug-likeness (QED) is 0.911. The molecule has 1 aliphatic heterocycles. The van der Waals surface area contributed by atoms with Gasteiger partial charge in [-0.25, -0.2) is 0 Å². The fraction of sp³-hybridized carbons (Fsp3) is 0.333. The molecule has 0 aromatic heterocycles. The number of rotatable bonds is 4. The molecule has 0 saturated carbocycles. The van der Waals surface area contributed by atoms with Crippen LogP contribution in [-0.4, -0.2) is 32.5 Å². The molecule has 0 atom stereocenters. The first-order valence-corrected chi connectivity index (χ1v) is 8.95. The fourth-order valence-electron chi connectivity index (χ4n) is 3.17. The van der Waals surface area contributed by atoms with E-state index < -0.39 is 0 Å². The van der Waals surface area contributed by atoms with Gasteiger partial charge in [0.25, 0.3) is 5.91 Å². The van der Waals surface area contributed by atoms with Crippen molar-refractivity contribution in [2.24, 2.45) is 0 Å². The highest BCUT2D eigenvalue weighted by Crippen LogP contribution is 2.28. The van der Waals surface area contributed by atoms with E-state index in [1.807, 2.05) is 67.2 Å². The average molecular weight is 351 g/mol. The van der Waals surface area contributed by atoms with Gasteiger partial charge in [0, 0.05) is 49.7 Å². The topological polar surface area (TPSA) is 52.7 Å². The van der Waals surface area contributed by atoms with Crippen molar-refractivity contribution in [3.05, 3.63) is 53.6 Å². The number of carbonyl (C=O) groups is 2. The summed E-state index contributed by atoms with van der Waals surface area (Å²) in [7, 11) is 3.89. The van der Waals surface area contributed by atoms with Crippen LogP contribution in [0.4, 0.5) is 17.1 Å². The summed E-state index contributed by atoms with van der Waals surface area (Å²) < 4.78 is 0. The second-order valence-electron chi connectivity index (χ2n) is 6.90. The number of carbonyl (C=O) groups excluding carboxylic acids is 2. The number of aryl methyl sites for hydroxylation is 1. The molecule has 136 valence electrons. The lowest BCUT2D eigenvalue weighted by molar-refractivity contribution is -0.119. The molecule has 2 amide bonds. The summed E-state index contributed by atoms with van der Waals surface area (Å²) in [5.41, 5.74) is 4.19. The standard InChI is InChI=1S/C21H25N3O2/c1-15-10-11-17(14-19(15)24-12-5-4-9-20(24)25)22-21(26)16-7-6-8-18(13-16)23(2)3/h6-8,10-11,13-14H,4-5,9,12H2,1-3H3,(H,22,26). The van der Waals surface area contributed by atoms with Crippen LogP contribution < -0.4 is 15.1 Å². The zero-order chi connectivity index (χ0) is 18.7. The van der Waals surface area contributed by atoms with Gasteiger partial charge in [-0.15, -0.1) is 0 Å². The Morgan fingerprint density at radius 1 is 1.12 bits per heavy atom. The van der Waals surface area contributed by atoms with Crippen LogP contribution in [0.25, 0.3) is 0 Å². The van der Waals surface area contributed by atoms with Gasteiger partial charge in [0.05, 0.1) is 0 Å². The molecule has 2 aromatic rings. The Balaban J connectivity index is 1.82. The zero-order valence-corrected chi connectivity index (χ0v) is 15.6. The molecule has 5 nitrogen and oxygen atoms in total. The van der Waals surface area contributed by atoms with Crippen molar-refractivity contribution in [1.82, 2.24) is 0 Å². The summed E-state index contributed by atoms with van der Waals surface area (Å²) in [6.45, 7) is 2.73. The van der Waals surface area contributed by atoms with Crippen molar-refractivity contribution in [3.8, 4) is 0 Å².